The quantitative estimate of drug-likeness (QED) is 0.634. The van der Waals surface area contributed by atoms with E-state index in [0.717, 1.165) is 0 Å². The first-order valence-corrected chi connectivity index (χ1v) is 3.79. The summed E-state index contributed by atoms with van der Waals surface area (Å²) in [6, 6.07) is 4.59. The van der Waals surface area contributed by atoms with Crippen LogP contribution in [-0.4, -0.2) is 0 Å². The van der Waals surface area contributed by atoms with Gasteiger partial charge in [0.2, 0.25) is 0 Å². The monoisotopic (exact) mass is 191 g/mol. The average molecular weight is 192 g/mol. The first-order valence-electron chi connectivity index (χ1n) is 3.03. The second-order valence-corrected chi connectivity index (χ2v) is 2.96. The largest absolute Gasteiger partial charge is 0.242 e. The second kappa shape index (κ2) is 3.42. The van der Waals surface area contributed by atoms with E-state index in [0.29, 0.717) is 15.6 Å². The molecule has 0 bridgehead atoms. The SMILES string of the molecule is [CH2]C(F)c1ccc(Cl)c(Cl)c1. The fourth-order valence-corrected chi connectivity index (χ4v) is 1.01. The lowest BCUT2D eigenvalue weighted by Gasteiger charge is -2.02. The molecule has 0 aliphatic rings. The number of hydrogen-bond donors (Lipinski definition) is 0. The Balaban J connectivity index is 3.05. The smallest absolute Gasteiger partial charge is 0.125 e. The molecule has 0 nitrogen and oxygen atoms in total. The minimum absolute atomic E-state index is 0.357. The molecule has 0 aromatic heterocycles. The molecule has 0 amide bonds. The molecular formula is C8H6Cl2F. The summed E-state index contributed by atoms with van der Waals surface area (Å²) in [6.07, 6.45) is -1.25. The first kappa shape index (κ1) is 8.82. The lowest BCUT2D eigenvalue weighted by molar-refractivity contribution is 0.411. The summed E-state index contributed by atoms with van der Waals surface area (Å²) in [4.78, 5) is 0. The predicted molar refractivity (Wildman–Crippen MR) is 45.7 cm³/mol. The third kappa shape index (κ3) is 2.08. The summed E-state index contributed by atoms with van der Waals surface area (Å²) in [7, 11) is 0. The predicted octanol–water partition coefficient (Wildman–Crippen LogP) is 3.84. The zero-order valence-electron chi connectivity index (χ0n) is 5.65. The molecule has 1 radical (unpaired) electrons. The van der Waals surface area contributed by atoms with Crippen LogP contribution in [0.25, 0.3) is 0 Å². The molecule has 0 heterocycles. The third-order valence-corrected chi connectivity index (χ3v) is 2.04. The van der Waals surface area contributed by atoms with Crippen LogP contribution in [-0.2, 0) is 0 Å². The van der Waals surface area contributed by atoms with Gasteiger partial charge in [-0.15, -0.1) is 0 Å². The van der Waals surface area contributed by atoms with E-state index in [1.54, 1.807) is 12.1 Å². The average Bonchev–Trinajstić information content (AvgIpc) is 1.94. The molecule has 1 unspecified atom stereocenters. The van der Waals surface area contributed by atoms with Crippen LogP contribution in [0.5, 0.6) is 0 Å². The minimum Gasteiger partial charge on any atom is -0.242 e. The van der Waals surface area contributed by atoms with Crippen LogP contribution in [0, 0.1) is 6.92 Å². The molecule has 59 valence electrons. The van der Waals surface area contributed by atoms with Crippen LogP contribution in [0.3, 0.4) is 0 Å². The van der Waals surface area contributed by atoms with Gasteiger partial charge >= 0.3 is 0 Å². The van der Waals surface area contributed by atoms with Crippen molar-refractivity contribution in [2.24, 2.45) is 0 Å². The summed E-state index contributed by atoms with van der Waals surface area (Å²) in [6.45, 7) is 3.21. The Bertz CT molecular complexity index is 258. The van der Waals surface area contributed by atoms with Gasteiger partial charge in [0.25, 0.3) is 0 Å². The van der Waals surface area contributed by atoms with Gasteiger partial charge in [0.15, 0.2) is 0 Å². The number of hydrogen-bond acceptors (Lipinski definition) is 0. The van der Waals surface area contributed by atoms with Crippen molar-refractivity contribution in [3.63, 3.8) is 0 Å². The fraction of sp³-hybridized carbons (Fsp3) is 0.125. The number of rotatable bonds is 1. The van der Waals surface area contributed by atoms with Crippen molar-refractivity contribution in [2.45, 2.75) is 6.17 Å². The van der Waals surface area contributed by atoms with Crippen LogP contribution in [0.15, 0.2) is 18.2 Å². The van der Waals surface area contributed by atoms with E-state index in [1.807, 2.05) is 0 Å². The maximum Gasteiger partial charge on any atom is 0.125 e. The van der Waals surface area contributed by atoms with E-state index < -0.39 is 6.17 Å². The summed E-state index contributed by atoms with van der Waals surface area (Å²) in [5.74, 6) is 0. The highest BCUT2D eigenvalue weighted by molar-refractivity contribution is 6.42. The van der Waals surface area contributed by atoms with Gasteiger partial charge in [0, 0.05) is 0 Å². The lowest BCUT2D eigenvalue weighted by atomic mass is 10.1. The van der Waals surface area contributed by atoms with Crippen molar-refractivity contribution in [3.05, 3.63) is 40.7 Å². The molecule has 3 heteroatoms. The highest BCUT2D eigenvalue weighted by Gasteiger charge is 2.04. The maximum atomic E-state index is 12.5. The van der Waals surface area contributed by atoms with Gasteiger partial charge in [-0.3, -0.25) is 0 Å². The third-order valence-electron chi connectivity index (χ3n) is 1.31. The van der Waals surface area contributed by atoms with Gasteiger partial charge in [-0.1, -0.05) is 29.3 Å². The minimum atomic E-state index is -1.25. The van der Waals surface area contributed by atoms with Crippen molar-refractivity contribution < 1.29 is 4.39 Å². The van der Waals surface area contributed by atoms with Crippen molar-refractivity contribution in [1.29, 1.82) is 0 Å². The summed E-state index contributed by atoms with van der Waals surface area (Å²) >= 11 is 11.2. The molecule has 1 aromatic rings. The van der Waals surface area contributed by atoms with Crippen molar-refractivity contribution in [2.75, 3.05) is 0 Å². The van der Waals surface area contributed by atoms with E-state index in [-0.39, 0.29) is 0 Å². The van der Waals surface area contributed by atoms with Gasteiger partial charge in [-0.05, 0) is 24.6 Å². The van der Waals surface area contributed by atoms with Gasteiger partial charge in [0.1, 0.15) is 6.17 Å². The molecule has 1 atom stereocenters. The Labute approximate surface area is 74.9 Å². The van der Waals surface area contributed by atoms with Gasteiger partial charge < -0.3 is 0 Å². The molecule has 0 N–H and O–H groups in total. The zero-order valence-corrected chi connectivity index (χ0v) is 7.16. The van der Waals surface area contributed by atoms with E-state index in [9.17, 15) is 4.39 Å². The number of benzene rings is 1. The topological polar surface area (TPSA) is 0 Å². The van der Waals surface area contributed by atoms with Crippen LogP contribution in [0.2, 0.25) is 10.0 Å². The van der Waals surface area contributed by atoms with Crippen LogP contribution >= 0.6 is 23.2 Å². The molecule has 0 spiro atoms. The van der Waals surface area contributed by atoms with Crippen LogP contribution in [0.1, 0.15) is 11.7 Å². The van der Waals surface area contributed by atoms with Crippen molar-refractivity contribution >= 4 is 23.2 Å². The lowest BCUT2D eigenvalue weighted by Crippen LogP contribution is -1.84. The van der Waals surface area contributed by atoms with E-state index in [1.165, 1.54) is 6.07 Å². The van der Waals surface area contributed by atoms with Gasteiger partial charge in [0.05, 0.1) is 10.0 Å². The molecular weight excluding hydrogens is 186 g/mol. The number of alkyl halides is 1. The summed E-state index contributed by atoms with van der Waals surface area (Å²) in [5, 5.41) is 0.784. The van der Waals surface area contributed by atoms with Crippen molar-refractivity contribution in [1.82, 2.24) is 0 Å². The normalized spacial score (nSPS) is 13.1. The first-order chi connectivity index (χ1) is 5.11. The molecule has 0 fully saturated rings. The van der Waals surface area contributed by atoms with Crippen LogP contribution < -0.4 is 0 Å². The molecule has 1 aromatic carbocycles. The Kier molecular flexibility index (Phi) is 2.74. The van der Waals surface area contributed by atoms with E-state index >= 15 is 0 Å². The molecule has 0 saturated heterocycles. The maximum absolute atomic E-state index is 12.5. The van der Waals surface area contributed by atoms with E-state index in [2.05, 4.69) is 6.92 Å². The van der Waals surface area contributed by atoms with Gasteiger partial charge in [-0.2, -0.15) is 0 Å². The molecule has 0 aliphatic carbocycles. The summed E-state index contributed by atoms with van der Waals surface area (Å²) < 4.78 is 12.5. The molecule has 0 aliphatic heterocycles. The zero-order chi connectivity index (χ0) is 8.43. The van der Waals surface area contributed by atoms with Gasteiger partial charge in [-0.25, -0.2) is 4.39 Å². The Morgan fingerprint density at radius 1 is 1.27 bits per heavy atom. The number of halogens is 3. The Hall–Kier alpha value is -0.270. The summed E-state index contributed by atoms with van der Waals surface area (Å²) in [5.41, 5.74) is 0.444. The van der Waals surface area contributed by atoms with E-state index in [4.69, 9.17) is 23.2 Å². The highest BCUT2D eigenvalue weighted by Crippen LogP contribution is 2.26. The molecule has 1 rings (SSSR count). The second-order valence-electron chi connectivity index (χ2n) is 2.14. The molecule has 0 saturated carbocycles. The standard InChI is InChI=1S/C8H6Cl2F/c1-5(11)6-2-3-7(9)8(10)4-6/h2-5H,1H2. The Morgan fingerprint density at radius 2 is 1.91 bits per heavy atom. The van der Waals surface area contributed by atoms with Crippen LogP contribution in [0.4, 0.5) is 4.39 Å². The molecule has 11 heavy (non-hydrogen) atoms. The highest BCUT2D eigenvalue weighted by atomic mass is 35.5. The van der Waals surface area contributed by atoms with Crippen molar-refractivity contribution in [3.8, 4) is 0 Å². The Morgan fingerprint density at radius 3 is 2.36 bits per heavy atom. The fourth-order valence-electron chi connectivity index (χ4n) is 0.707.